The fourth-order valence-electron chi connectivity index (χ4n) is 1.85. The number of nitrogens with zero attached hydrogens (tertiary/aromatic N) is 3. The molecule has 3 rings (SSSR count). The van der Waals surface area contributed by atoms with Crippen molar-refractivity contribution >= 4 is 17.0 Å². The normalized spacial score (nSPS) is 11.2. The minimum Gasteiger partial charge on any atom is -0.475 e. The van der Waals surface area contributed by atoms with Crippen LogP contribution in [0.4, 0.5) is 13.2 Å². The van der Waals surface area contributed by atoms with Gasteiger partial charge in [0.15, 0.2) is 5.82 Å². The molecule has 0 unspecified atom stereocenters. The summed E-state index contributed by atoms with van der Waals surface area (Å²) in [4.78, 5) is 20.5. The molecule has 0 aliphatic carbocycles. The molecule has 2 heterocycles. The van der Waals surface area contributed by atoms with E-state index in [9.17, 15) is 13.2 Å². The summed E-state index contributed by atoms with van der Waals surface area (Å²) in [5.41, 5.74) is 2.75. The Labute approximate surface area is 145 Å². The molecular weight excluding hydrogens is 357 g/mol. The van der Waals surface area contributed by atoms with Crippen LogP contribution >= 0.6 is 0 Å². The molecule has 0 bridgehead atoms. The third-order valence-corrected chi connectivity index (χ3v) is 3.05. The number of aromatic amines is 1. The fourth-order valence-corrected chi connectivity index (χ4v) is 1.85. The van der Waals surface area contributed by atoms with Crippen molar-refractivity contribution in [3.63, 3.8) is 0 Å². The van der Waals surface area contributed by atoms with Crippen molar-refractivity contribution < 1.29 is 32.3 Å². The van der Waals surface area contributed by atoms with Gasteiger partial charge in [0.25, 0.3) is 5.89 Å². The van der Waals surface area contributed by atoms with Crippen LogP contribution in [0.3, 0.4) is 0 Å². The van der Waals surface area contributed by atoms with E-state index in [0.717, 1.165) is 16.6 Å². The van der Waals surface area contributed by atoms with Crippen molar-refractivity contribution in [1.82, 2.24) is 20.1 Å². The van der Waals surface area contributed by atoms with E-state index in [1.54, 1.807) is 6.33 Å². The predicted molar refractivity (Wildman–Crippen MR) is 83.3 cm³/mol. The SMILES string of the molecule is CCOCCc1noc(-c2ccc3nc[nH]c3c2)n1.O=C(O)C(F)(F)F. The van der Waals surface area contributed by atoms with Crippen LogP contribution in [0.1, 0.15) is 12.7 Å². The maximum atomic E-state index is 10.6. The van der Waals surface area contributed by atoms with Gasteiger partial charge < -0.3 is 19.4 Å². The largest absolute Gasteiger partial charge is 0.490 e. The number of carbonyl (C=O) groups is 1. The second-order valence-corrected chi connectivity index (χ2v) is 4.90. The highest BCUT2D eigenvalue weighted by atomic mass is 19.4. The molecule has 0 saturated heterocycles. The average Bonchev–Trinajstić information content (AvgIpc) is 3.23. The molecule has 11 heteroatoms. The van der Waals surface area contributed by atoms with Crippen molar-refractivity contribution in [3.05, 3.63) is 30.4 Å². The van der Waals surface area contributed by atoms with E-state index in [4.69, 9.17) is 19.2 Å². The molecule has 3 aromatic rings. The number of halogens is 3. The van der Waals surface area contributed by atoms with Gasteiger partial charge in [0.05, 0.1) is 24.0 Å². The predicted octanol–water partition coefficient (Wildman–Crippen LogP) is 2.83. The van der Waals surface area contributed by atoms with Crippen molar-refractivity contribution in [2.75, 3.05) is 13.2 Å². The van der Waals surface area contributed by atoms with Crippen LogP contribution in [-0.2, 0) is 16.0 Å². The number of aliphatic carboxylic acids is 1. The second kappa shape index (κ2) is 8.43. The van der Waals surface area contributed by atoms with E-state index in [1.807, 2.05) is 25.1 Å². The molecule has 1 aromatic carbocycles. The molecule has 0 aliphatic heterocycles. The number of hydrogen-bond acceptors (Lipinski definition) is 6. The average molecular weight is 372 g/mol. The molecule has 0 radical (unpaired) electrons. The summed E-state index contributed by atoms with van der Waals surface area (Å²) in [5.74, 6) is -1.58. The van der Waals surface area contributed by atoms with Gasteiger partial charge in [-0.25, -0.2) is 9.78 Å². The number of nitrogens with one attached hydrogen (secondary N) is 1. The molecule has 0 saturated carbocycles. The van der Waals surface area contributed by atoms with E-state index in [1.165, 1.54) is 0 Å². The lowest BCUT2D eigenvalue weighted by atomic mass is 10.2. The molecule has 2 N–H and O–H groups in total. The number of carboxylic acid groups (broad SMARTS) is 1. The molecule has 0 aliphatic rings. The summed E-state index contributed by atoms with van der Waals surface area (Å²) >= 11 is 0. The fraction of sp³-hybridized carbons (Fsp3) is 0.333. The third kappa shape index (κ3) is 5.28. The summed E-state index contributed by atoms with van der Waals surface area (Å²) in [6, 6.07) is 5.79. The van der Waals surface area contributed by atoms with Crippen LogP contribution in [0.25, 0.3) is 22.5 Å². The molecule has 8 nitrogen and oxygen atoms in total. The number of hydrogen-bond donors (Lipinski definition) is 2. The Morgan fingerprint density at radius 3 is 2.77 bits per heavy atom. The first-order valence-corrected chi connectivity index (χ1v) is 7.45. The quantitative estimate of drug-likeness (QED) is 0.662. The molecule has 26 heavy (non-hydrogen) atoms. The van der Waals surface area contributed by atoms with E-state index >= 15 is 0 Å². The van der Waals surface area contributed by atoms with Gasteiger partial charge in [0.1, 0.15) is 0 Å². The topological polar surface area (TPSA) is 114 Å². The summed E-state index contributed by atoms with van der Waals surface area (Å²) < 4.78 is 42.3. The first kappa shape index (κ1) is 19.4. The molecule has 0 spiro atoms. The van der Waals surface area contributed by atoms with Crippen molar-refractivity contribution in [3.8, 4) is 11.5 Å². The van der Waals surface area contributed by atoms with Crippen LogP contribution in [0, 0.1) is 0 Å². The minimum absolute atomic E-state index is 0.517. The monoisotopic (exact) mass is 372 g/mol. The lowest BCUT2D eigenvalue weighted by Gasteiger charge is -1.95. The van der Waals surface area contributed by atoms with Gasteiger partial charge in [-0.05, 0) is 25.1 Å². The molecule has 0 atom stereocenters. The molecule has 2 aromatic heterocycles. The van der Waals surface area contributed by atoms with E-state index in [0.29, 0.717) is 31.3 Å². The van der Waals surface area contributed by atoms with Gasteiger partial charge in [-0.3, -0.25) is 0 Å². The zero-order chi connectivity index (χ0) is 19.2. The van der Waals surface area contributed by atoms with Crippen molar-refractivity contribution in [2.24, 2.45) is 0 Å². The Hall–Kier alpha value is -2.95. The van der Waals surface area contributed by atoms with E-state index < -0.39 is 12.1 Å². The summed E-state index contributed by atoms with van der Waals surface area (Å²) in [7, 11) is 0. The maximum absolute atomic E-state index is 10.6. The van der Waals surface area contributed by atoms with Gasteiger partial charge in [-0.2, -0.15) is 18.2 Å². The molecular formula is C15H15F3N4O4. The standard InChI is InChI=1S/C13H14N4O2.C2HF3O2/c1-2-18-6-5-12-16-13(19-17-12)9-3-4-10-11(7-9)15-8-14-10;3-2(4,5)1(6)7/h3-4,7-8H,2,5-6H2,1H3,(H,14,15);(H,6,7). The zero-order valence-corrected chi connectivity index (χ0v) is 13.6. The van der Waals surface area contributed by atoms with Gasteiger partial charge in [-0.15, -0.1) is 0 Å². The Balaban J connectivity index is 0.000000298. The summed E-state index contributed by atoms with van der Waals surface area (Å²) in [5, 5.41) is 11.1. The lowest BCUT2D eigenvalue weighted by Crippen LogP contribution is -2.21. The number of imidazole rings is 1. The van der Waals surface area contributed by atoms with Crippen molar-refractivity contribution in [1.29, 1.82) is 0 Å². The van der Waals surface area contributed by atoms with Gasteiger partial charge in [0, 0.05) is 18.6 Å². The van der Waals surface area contributed by atoms with Gasteiger partial charge >= 0.3 is 12.1 Å². The van der Waals surface area contributed by atoms with Gasteiger partial charge in [0.2, 0.25) is 0 Å². The van der Waals surface area contributed by atoms with Crippen molar-refractivity contribution in [2.45, 2.75) is 19.5 Å². The highest BCUT2D eigenvalue weighted by Gasteiger charge is 2.38. The number of rotatable bonds is 5. The van der Waals surface area contributed by atoms with Gasteiger partial charge in [-0.1, -0.05) is 5.16 Å². The number of ether oxygens (including phenoxy) is 1. The summed E-state index contributed by atoms with van der Waals surface area (Å²) in [6.07, 6.45) is -2.76. The first-order chi connectivity index (χ1) is 12.3. The number of aromatic nitrogens is 4. The highest BCUT2D eigenvalue weighted by molar-refractivity contribution is 5.79. The smallest absolute Gasteiger partial charge is 0.475 e. The Morgan fingerprint density at radius 1 is 1.38 bits per heavy atom. The maximum Gasteiger partial charge on any atom is 0.490 e. The number of alkyl halides is 3. The van der Waals surface area contributed by atoms with Crippen LogP contribution < -0.4 is 0 Å². The molecule has 140 valence electrons. The number of carboxylic acids is 1. The Morgan fingerprint density at radius 2 is 2.12 bits per heavy atom. The Kier molecular flexibility index (Phi) is 6.28. The van der Waals surface area contributed by atoms with Crippen LogP contribution in [0.2, 0.25) is 0 Å². The third-order valence-electron chi connectivity index (χ3n) is 3.05. The molecule has 0 fully saturated rings. The van der Waals surface area contributed by atoms with Crippen LogP contribution in [-0.4, -0.2) is 50.6 Å². The van der Waals surface area contributed by atoms with E-state index in [-0.39, 0.29) is 0 Å². The first-order valence-electron chi connectivity index (χ1n) is 7.45. The van der Waals surface area contributed by atoms with Crippen LogP contribution in [0.5, 0.6) is 0 Å². The molecule has 0 amide bonds. The number of H-pyrrole nitrogens is 1. The Bertz CT molecular complexity index is 860. The van der Waals surface area contributed by atoms with Crippen LogP contribution in [0.15, 0.2) is 29.0 Å². The zero-order valence-electron chi connectivity index (χ0n) is 13.6. The minimum atomic E-state index is -5.08. The number of benzene rings is 1. The number of fused-ring (bicyclic) bond motifs is 1. The second-order valence-electron chi connectivity index (χ2n) is 4.90. The summed E-state index contributed by atoms with van der Waals surface area (Å²) in [6.45, 7) is 3.26. The highest BCUT2D eigenvalue weighted by Crippen LogP contribution is 2.21. The lowest BCUT2D eigenvalue weighted by molar-refractivity contribution is -0.192. The van der Waals surface area contributed by atoms with E-state index in [2.05, 4.69) is 20.1 Å².